The first-order chi connectivity index (χ1) is 16.9. The minimum Gasteiger partial charge on any atom is -0.465 e. The number of nitrogens with zero attached hydrogens (tertiary/aromatic N) is 3. The lowest BCUT2D eigenvalue weighted by Crippen LogP contribution is -2.25. The third kappa shape index (κ3) is 4.28. The van der Waals surface area contributed by atoms with Crippen molar-refractivity contribution in [2.75, 3.05) is 14.2 Å². The van der Waals surface area contributed by atoms with E-state index in [1.54, 1.807) is 37.4 Å². The van der Waals surface area contributed by atoms with Gasteiger partial charge in [0.15, 0.2) is 5.58 Å². The molecule has 1 aliphatic carbocycles. The quantitative estimate of drug-likeness (QED) is 0.226. The summed E-state index contributed by atoms with van der Waals surface area (Å²) >= 11 is 0. The van der Waals surface area contributed by atoms with Crippen LogP contribution in [0.25, 0.3) is 33.8 Å². The summed E-state index contributed by atoms with van der Waals surface area (Å²) in [4.78, 5) is 22.5. The molecule has 0 atom stereocenters. The van der Waals surface area contributed by atoms with Crippen LogP contribution >= 0.6 is 0 Å². The highest BCUT2D eigenvalue weighted by molar-refractivity contribution is 6.06. The van der Waals surface area contributed by atoms with Crippen LogP contribution < -0.4 is 0 Å². The zero-order valence-corrected chi connectivity index (χ0v) is 19.1. The first-order valence-corrected chi connectivity index (χ1v) is 11.0. The normalized spacial score (nSPS) is 13.0. The lowest BCUT2D eigenvalue weighted by Gasteiger charge is -2.18. The van der Waals surface area contributed by atoms with Gasteiger partial charge in [0.25, 0.3) is 0 Å². The molecule has 0 bridgehead atoms. The van der Waals surface area contributed by atoms with Gasteiger partial charge in [-0.3, -0.25) is 10.8 Å². The molecule has 8 nitrogen and oxygen atoms in total. The number of amidine groups is 1. The molecule has 1 fully saturated rings. The van der Waals surface area contributed by atoms with Crippen LogP contribution in [0.5, 0.6) is 0 Å². The van der Waals surface area contributed by atoms with Crippen LogP contribution in [-0.2, 0) is 4.74 Å². The summed E-state index contributed by atoms with van der Waals surface area (Å²) in [6.45, 7) is 0. The Morgan fingerprint density at radius 3 is 2.69 bits per heavy atom. The van der Waals surface area contributed by atoms with Gasteiger partial charge >= 0.3 is 5.97 Å². The summed E-state index contributed by atoms with van der Waals surface area (Å²) in [5.74, 6) is -0.325. The first kappa shape index (κ1) is 22.4. The van der Waals surface area contributed by atoms with Crippen LogP contribution in [0, 0.1) is 16.6 Å². The molecule has 4 aromatic rings. The monoisotopic (exact) mass is 471 g/mol. The molecule has 1 saturated carbocycles. The largest absolute Gasteiger partial charge is 0.465 e. The van der Waals surface area contributed by atoms with Gasteiger partial charge in [-0.15, -0.1) is 0 Å². The molecule has 0 spiro atoms. The maximum Gasteiger partial charge on any atom is 0.337 e. The third-order valence-corrected chi connectivity index (χ3v) is 5.96. The van der Waals surface area contributed by atoms with E-state index in [0.717, 1.165) is 30.4 Å². The molecule has 2 aromatic carbocycles. The van der Waals surface area contributed by atoms with E-state index in [1.165, 1.54) is 24.1 Å². The third-order valence-electron chi connectivity index (χ3n) is 5.96. The number of benzene rings is 2. The van der Waals surface area contributed by atoms with Gasteiger partial charge < -0.3 is 14.1 Å². The number of fused-ring (bicyclic) bond motifs is 1. The Morgan fingerprint density at radius 2 is 1.97 bits per heavy atom. The maximum absolute atomic E-state index is 14.1. The Morgan fingerprint density at radius 1 is 1.17 bits per heavy atom. The minimum atomic E-state index is -0.469. The number of pyridine rings is 1. The predicted molar refractivity (Wildman–Crippen MR) is 129 cm³/mol. The minimum absolute atomic E-state index is 0.00182. The lowest BCUT2D eigenvalue weighted by molar-refractivity contribution is 0.0601. The molecule has 0 amide bonds. The van der Waals surface area contributed by atoms with E-state index in [9.17, 15) is 9.18 Å². The highest BCUT2D eigenvalue weighted by Crippen LogP contribution is 2.42. The van der Waals surface area contributed by atoms with Gasteiger partial charge in [-0.25, -0.2) is 19.2 Å². The van der Waals surface area contributed by atoms with Crippen molar-refractivity contribution in [2.45, 2.75) is 18.8 Å². The second-order valence-corrected chi connectivity index (χ2v) is 8.41. The van der Waals surface area contributed by atoms with Crippen LogP contribution in [0.3, 0.4) is 0 Å². The van der Waals surface area contributed by atoms with Gasteiger partial charge in [-0.2, -0.15) is 0 Å². The second kappa shape index (κ2) is 8.75. The van der Waals surface area contributed by atoms with E-state index in [4.69, 9.17) is 25.0 Å². The van der Waals surface area contributed by atoms with E-state index in [1.807, 2.05) is 6.07 Å². The van der Waals surface area contributed by atoms with Crippen LogP contribution in [0.1, 0.15) is 40.4 Å². The van der Waals surface area contributed by atoms with E-state index < -0.39 is 11.8 Å². The molecule has 35 heavy (non-hydrogen) atoms. The van der Waals surface area contributed by atoms with Crippen molar-refractivity contribution in [3.8, 4) is 22.7 Å². The van der Waals surface area contributed by atoms with Crippen molar-refractivity contribution < 1.29 is 18.3 Å². The van der Waals surface area contributed by atoms with Gasteiger partial charge in [0.1, 0.15) is 22.9 Å². The average Bonchev–Trinajstić information content (AvgIpc) is 3.65. The number of esters is 1. The number of rotatable bonds is 6. The van der Waals surface area contributed by atoms with Crippen LogP contribution in [0.4, 0.5) is 4.39 Å². The molecule has 5 rings (SSSR count). The Hall–Kier alpha value is -4.40. The molecule has 0 aliphatic heterocycles. The van der Waals surface area contributed by atoms with Crippen LogP contribution in [-0.4, -0.2) is 47.2 Å². The molecular weight excluding hydrogens is 449 g/mol. The van der Waals surface area contributed by atoms with Crippen molar-refractivity contribution in [1.29, 1.82) is 10.8 Å². The number of methoxy groups -OCH3 is 1. The predicted octanol–water partition coefficient (Wildman–Crippen LogP) is 5.22. The second-order valence-electron chi connectivity index (χ2n) is 8.41. The number of ether oxygens (including phenoxy) is 1. The molecule has 0 radical (unpaired) electrons. The molecule has 0 saturated heterocycles. The van der Waals surface area contributed by atoms with Crippen molar-refractivity contribution in [3.05, 3.63) is 71.2 Å². The van der Waals surface area contributed by atoms with Crippen molar-refractivity contribution in [2.24, 2.45) is 0 Å². The van der Waals surface area contributed by atoms with E-state index in [0.29, 0.717) is 45.3 Å². The fourth-order valence-electron chi connectivity index (χ4n) is 3.91. The van der Waals surface area contributed by atoms with Gasteiger partial charge in [-0.1, -0.05) is 6.07 Å². The van der Waals surface area contributed by atoms with Gasteiger partial charge in [0.05, 0.1) is 19.0 Å². The summed E-state index contributed by atoms with van der Waals surface area (Å²) in [5.41, 5.74) is 4.48. The number of hydrogen-bond donors (Lipinski definition) is 2. The maximum atomic E-state index is 14.1. The van der Waals surface area contributed by atoms with E-state index >= 15 is 0 Å². The molecule has 176 valence electrons. The van der Waals surface area contributed by atoms with Crippen molar-refractivity contribution in [3.63, 3.8) is 0 Å². The number of oxazole rings is 1. The Bertz CT molecular complexity index is 1490. The number of aromatic nitrogens is 2. The van der Waals surface area contributed by atoms with Crippen molar-refractivity contribution in [1.82, 2.24) is 14.9 Å². The fraction of sp³-hybridized carbons (Fsp3) is 0.192. The van der Waals surface area contributed by atoms with Crippen molar-refractivity contribution >= 4 is 29.2 Å². The summed E-state index contributed by atoms with van der Waals surface area (Å²) < 4.78 is 24.9. The summed E-state index contributed by atoms with van der Waals surface area (Å²) in [5, 5.41) is 15.9. The number of carbonyl (C=O) groups excluding carboxylic acids is 1. The first-order valence-electron chi connectivity index (χ1n) is 11.0. The SMILES string of the molecule is COC(=O)c1ccc2oc(-c3cc(-c4ccc(F)cc4C(=N)N(C)C=N)cc(C4CC4)n3)nc2c1. The highest BCUT2D eigenvalue weighted by atomic mass is 19.1. The van der Waals surface area contributed by atoms with Gasteiger partial charge in [0, 0.05) is 24.2 Å². The summed E-state index contributed by atoms with van der Waals surface area (Å²) in [7, 11) is 2.89. The zero-order valence-electron chi connectivity index (χ0n) is 19.1. The molecule has 2 N–H and O–H groups in total. The number of halogens is 1. The van der Waals surface area contributed by atoms with Gasteiger partial charge in [-0.05, 0) is 66.4 Å². The zero-order chi connectivity index (χ0) is 24.7. The highest BCUT2D eigenvalue weighted by Gasteiger charge is 2.27. The fourth-order valence-corrected chi connectivity index (χ4v) is 3.91. The Balaban J connectivity index is 1.64. The topological polar surface area (TPSA) is 116 Å². The molecular formula is C26H22FN5O3. The number of nitrogens with one attached hydrogen (secondary N) is 2. The summed E-state index contributed by atoms with van der Waals surface area (Å²) in [6, 6.07) is 12.9. The average molecular weight is 471 g/mol. The number of carbonyl (C=O) groups is 1. The summed E-state index contributed by atoms with van der Waals surface area (Å²) in [6.07, 6.45) is 3.05. The Kier molecular flexibility index (Phi) is 5.60. The van der Waals surface area contributed by atoms with Crippen LogP contribution in [0.15, 0.2) is 52.9 Å². The Labute approximate surface area is 200 Å². The standard InChI is InChI=1S/C26H22FN5O3/c1-32(13-28)24(29)19-12-17(27)6-7-18(19)16-10-20(14-3-4-14)30-22(11-16)25-31-21-9-15(26(33)34-2)5-8-23(21)35-25/h5-14,28-29H,3-4H2,1-2H3. The molecule has 2 heterocycles. The van der Waals surface area contributed by atoms with E-state index in [2.05, 4.69) is 4.98 Å². The molecule has 2 aromatic heterocycles. The number of hydrogen-bond acceptors (Lipinski definition) is 7. The molecule has 9 heteroatoms. The molecule has 1 aliphatic rings. The smallest absolute Gasteiger partial charge is 0.337 e. The lowest BCUT2D eigenvalue weighted by atomic mass is 9.97. The van der Waals surface area contributed by atoms with Gasteiger partial charge in [0.2, 0.25) is 5.89 Å². The molecule has 0 unspecified atom stereocenters. The van der Waals surface area contributed by atoms with Crippen LogP contribution in [0.2, 0.25) is 0 Å². The van der Waals surface area contributed by atoms with E-state index in [-0.39, 0.29) is 5.84 Å².